The molecule has 1 aromatic carbocycles. The molecule has 1 aromatic heterocycles. The molecule has 0 bridgehead atoms. The number of hydrogen-bond donors (Lipinski definition) is 1. The lowest BCUT2D eigenvalue weighted by Gasteiger charge is -2.19. The summed E-state index contributed by atoms with van der Waals surface area (Å²) >= 11 is 5.93. The molecule has 2 amide bonds. The summed E-state index contributed by atoms with van der Waals surface area (Å²) < 4.78 is 27.1. The molecule has 6 nitrogen and oxygen atoms in total. The van der Waals surface area contributed by atoms with Gasteiger partial charge in [-0.15, -0.1) is 0 Å². The predicted molar refractivity (Wildman–Crippen MR) is 111 cm³/mol. The van der Waals surface area contributed by atoms with Crippen molar-refractivity contribution in [2.45, 2.75) is 37.6 Å². The first kappa shape index (κ1) is 22.6. The molecule has 0 aliphatic carbocycles. The molecule has 9 heteroatoms. The minimum absolute atomic E-state index is 0.0814. The molecule has 1 fully saturated rings. The Kier molecular flexibility index (Phi) is 6.86. The third-order valence-electron chi connectivity index (χ3n) is 5.25. The molecule has 2 atom stereocenters. The Balaban J connectivity index is 1.65. The van der Waals surface area contributed by atoms with Gasteiger partial charge in [0.25, 0.3) is 11.8 Å². The molecular weight excluding hydrogens is 426 g/mol. The molecule has 0 saturated carbocycles. The highest BCUT2D eigenvalue weighted by Crippen LogP contribution is 2.31. The van der Waals surface area contributed by atoms with Crippen molar-refractivity contribution in [2.24, 2.45) is 0 Å². The van der Waals surface area contributed by atoms with Crippen molar-refractivity contribution in [2.75, 3.05) is 13.1 Å². The van der Waals surface area contributed by atoms with Crippen LogP contribution in [0.2, 0.25) is 5.02 Å². The van der Waals surface area contributed by atoms with Gasteiger partial charge in [0.1, 0.15) is 6.04 Å². The highest BCUT2D eigenvalue weighted by Gasteiger charge is 2.47. The summed E-state index contributed by atoms with van der Waals surface area (Å²) in [6, 6.07) is 9.49. The fraction of sp³-hybridized carbons (Fsp3) is 0.364. The van der Waals surface area contributed by atoms with Gasteiger partial charge < -0.3 is 10.2 Å². The number of aromatic nitrogens is 1. The molecular formula is C22H21ClF2N4O2. The van der Waals surface area contributed by atoms with E-state index < -0.39 is 43.3 Å². The molecule has 31 heavy (non-hydrogen) atoms. The van der Waals surface area contributed by atoms with Crippen molar-refractivity contribution >= 4 is 23.4 Å². The second kappa shape index (κ2) is 9.40. The van der Waals surface area contributed by atoms with Gasteiger partial charge in [-0.25, -0.2) is 8.78 Å². The maximum atomic E-state index is 13.5. The van der Waals surface area contributed by atoms with Gasteiger partial charge in [0.15, 0.2) is 0 Å². The van der Waals surface area contributed by atoms with Crippen LogP contribution in [0.4, 0.5) is 8.78 Å². The smallest absolute Gasteiger partial charge is 0.268 e. The number of carbonyl (C=O) groups excluding carboxylic acids is 2. The Labute approximate surface area is 183 Å². The number of benzene rings is 1. The van der Waals surface area contributed by atoms with Crippen LogP contribution in [0.3, 0.4) is 0 Å². The summed E-state index contributed by atoms with van der Waals surface area (Å²) in [4.78, 5) is 29.9. The number of nitrogens with zero attached hydrogens (tertiary/aromatic N) is 3. The average Bonchev–Trinajstić information content (AvgIpc) is 3.07. The highest BCUT2D eigenvalue weighted by atomic mass is 35.5. The number of halogens is 3. The zero-order chi connectivity index (χ0) is 22.6. The van der Waals surface area contributed by atoms with Gasteiger partial charge in [-0.05, 0) is 41.7 Å². The lowest BCUT2D eigenvalue weighted by atomic mass is 9.92. The molecule has 2 heterocycles. The number of hydrogen-bond acceptors (Lipinski definition) is 4. The first-order chi connectivity index (χ1) is 14.7. The molecule has 1 saturated heterocycles. The summed E-state index contributed by atoms with van der Waals surface area (Å²) in [5.41, 5.74) is 2.09. The number of likely N-dealkylation sites (tertiary alicyclic amines) is 1. The van der Waals surface area contributed by atoms with Crippen LogP contribution in [-0.4, -0.2) is 46.8 Å². The molecule has 3 rings (SSSR count). The summed E-state index contributed by atoms with van der Waals surface area (Å²) in [5.74, 6) is -4.25. The van der Waals surface area contributed by atoms with E-state index in [9.17, 15) is 18.4 Å². The Morgan fingerprint density at radius 3 is 2.74 bits per heavy atom. The molecule has 1 aliphatic rings. The van der Waals surface area contributed by atoms with Crippen molar-refractivity contribution in [3.63, 3.8) is 0 Å². The van der Waals surface area contributed by atoms with Crippen molar-refractivity contribution in [1.82, 2.24) is 15.2 Å². The fourth-order valence-corrected chi connectivity index (χ4v) is 3.72. The van der Waals surface area contributed by atoms with Crippen LogP contribution in [0.5, 0.6) is 0 Å². The number of amides is 2. The van der Waals surface area contributed by atoms with Crippen molar-refractivity contribution < 1.29 is 18.4 Å². The van der Waals surface area contributed by atoms with Crippen LogP contribution >= 0.6 is 11.6 Å². The van der Waals surface area contributed by atoms with E-state index in [1.807, 2.05) is 19.1 Å². The van der Waals surface area contributed by atoms with Gasteiger partial charge in [-0.1, -0.05) is 30.7 Å². The van der Waals surface area contributed by atoms with Crippen LogP contribution in [-0.2, 0) is 11.2 Å². The summed E-state index contributed by atoms with van der Waals surface area (Å²) in [7, 11) is 0. The molecule has 162 valence electrons. The number of nitrogens with one attached hydrogen (secondary N) is 1. The number of carbonyl (C=O) groups is 2. The Morgan fingerprint density at radius 1 is 1.35 bits per heavy atom. The largest absolute Gasteiger partial charge is 0.343 e. The predicted octanol–water partition coefficient (Wildman–Crippen LogP) is 3.57. The molecule has 2 unspecified atom stereocenters. The van der Waals surface area contributed by atoms with E-state index in [0.717, 1.165) is 10.5 Å². The number of pyridine rings is 1. The third-order valence-corrected chi connectivity index (χ3v) is 5.50. The molecule has 0 radical (unpaired) electrons. The van der Waals surface area contributed by atoms with Gasteiger partial charge >= 0.3 is 0 Å². The Morgan fingerprint density at radius 2 is 2.06 bits per heavy atom. The third kappa shape index (κ3) is 5.56. The Bertz CT molecular complexity index is 1010. The number of rotatable bonds is 6. The van der Waals surface area contributed by atoms with Crippen molar-refractivity contribution in [1.29, 1.82) is 5.26 Å². The van der Waals surface area contributed by atoms with Crippen molar-refractivity contribution in [3.8, 4) is 6.07 Å². The lowest BCUT2D eigenvalue weighted by molar-refractivity contribution is -0.131. The minimum atomic E-state index is -3.10. The van der Waals surface area contributed by atoms with Crippen molar-refractivity contribution in [3.05, 3.63) is 64.4 Å². The van der Waals surface area contributed by atoms with E-state index in [4.69, 9.17) is 16.9 Å². The quantitative estimate of drug-likeness (QED) is 0.735. The fourth-order valence-electron chi connectivity index (χ4n) is 3.60. The highest BCUT2D eigenvalue weighted by molar-refractivity contribution is 6.30. The molecule has 0 spiro atoms. The van der Waals surface area contributed by atoms with Crippen LogP contribution in [0.1, 0.15) is 40.7 Å². The zero-order valence-electron chi connectivity index (χ0n) is 16.8. The number of alkyl halides is 2. The summed E-state index contributed by atoms with van der Waals surface area (Å²) in [5, 5.41) is 12.1. The van der Waals surface area contributed by atoms with Gasteiger partial charge in [0, 0.05) is 29.4 Å². The maximum Gasteiger partial charge on any atom is 0.268 e. The second-order valence-corrected chi connectivity index (χ2v) is 8.04. The monoisotopic (exact) mass is 446 g/mol. The van der Waals surface area contributed by atoms with E-state index in [-0.39, 0.29) is 5.92 Å². The van der Waals surface area contributed by atoms with Crippen LogP contribution in [0, 0.1) is 11.3 Å². The van der Waals surface area contributed by atoms with Crippen LogP contribution < -0.4 is 5.32 Å². The lowest BCUT2D eigenvalue weighted by Crippen LogP contribution is -2.43. The minimum Gasteiger partial charge on any atom is -0.343 e. The van der Waals surface area contributed by atoms with Crippen LogP contribution in [0.15, 0.2) is 42.7 Å². The summed E-state index contributed by atoms with van der Waals surface area (Å²) in [6.07, 6.45) is 2.90. The summed E-state index contributed by atoms with van der Waals surface area (Å²) in [6.45, 7) is 0.720. The standard InChI is InChI=1S/C22H21ClF2N4O2/c1-14(15-2-4-17(23)5-3-15)8-16-11-27-7-6-19(16)21(31)28-12-20(30)29-13-22(24,25)9-18(29)10-26/h2-7,11,14,18H,8-9,12-13H2,1H3,(H,28,31). The second-order valence-electron chi connectivity index (χ2n) is 7.60. The molecule has 1 aliphatic heterocycles. The number of nitriles is 1. The first-order valence-corrected chi connectivity index (χ1v) is 10.1. The topological polar surface area (TPSA) is 86.1 Å². The maximum absolute atomic E-state index is 13.5. The van der Waals surface area contributed by atoms with Gasteiger partial charge in [0.05, 0.1) is 19.2 Å². The van der Waals surface area contributed by atoms with E-state index in [1.54, 1.807) is 30.5 Å². The molecule has 2 aromatic rings. The zero-order valence-corrected chi connectivity index (χ0v) is 17.6. The van der Waals surface area contributed by atoms with Gasteiger partial charge in [-0.2, -0.15) is 5.26 Å². The SMILES string of the molecule is CC(Cc1cnccc1C(=O)NCC(=O)N1CC(F)(F)CC1C#N)c1ccc(Cl)cc1. The molecule has 1 N–H and O–H groups in total. The average molecular weight is 447 g/mol. The first-order valence-electron chi connectivity index (χ1n) is 9.73. The Hall–Kier alpha value is -3.05. The van der Waals surface area contributed by atoms with E-state index in [2.05, 4.69) is 10.3 Å². The van der Waals surface area contributed by atoms with Crippen LogP contribution in [0.25, 0.3) is 0 Å². The van der Waals surface area contributed by atoms with E-state index in [0.29, 0.717) is 22.6 Å². The van der Waals surface area contributed by atoms with E-state index in [1.165, 1.54) is 6.20 Å². The van der Waals surface area contributed by atoms with E-state index >= 15 is 0 Å². The normalized spacial score (nSPS) is 18.3. The van der Waals surface area contributed by atoms with Gasteiger partial charge in [-0.3, -0.25) is 14.6 Å². The van der Waals surface area contributed by atoms with Gasteiger partial charge in [0.2, 0.25) is 5.91 Å².